The Balaban J connectivity index is 0.000000671. The standard InChI is InChI=1S/C8H15N3.C2H6/c1-7(2)11-9-5-8(3,4)6-10-11;1-2/h5-7H,1-4H3;1-2H3. The average Bonchev–Trinajstić information content (AvgIpc) is 2.07. The number of hydrogen-bond donors (Lipinski definition) is 0. The van der Waals surface area contributed by atoms with Gasteiger partial charge in [0.1, 0.15) is 0 Å². The van der Waals surface area contributed by atoms with E-state index in [1.165, 1.54) is 0 Å². The van der Waals surface area contributed by atoms with Crippen LogP contribution in [-0.2, 0) is 0 Å². The van der Waals surface area contributed by atoms with Gasteiger partial charge in [-0.25, -0.2) is 0 Å². The summed E-state index contributed by atoms with van der Waals surface area (Å²) in [7, 11) is 0. The van der Waals surface area contributed by atoms with Gasteiger partial charge < -0.3 is 0 Å². The van der Waals surface area contributed by atoms with Crippen LogP contribution in [-0.4, -0.2) is 23.6 Å². The van der Waals surface area contributed by atoms with E-state index in [-0.39, 0.29) is 5.41 Å². The first kappa shape index (κ1) is 12.1. The summed E-state index contributed by atoms with van der Waals surface area (Å²) in [4.78, 5) is 0. The number of hydrazone groups is 2. The lowest BCUT2D eigenvalue weighted by Crippen LogP contribution is -2.29. The zero-order valence-corrected chi connectivity index (χ0v) is 9.57. The second kappa shape index (κ2) is 5.00. The van der Waals surface area contributed by atoms with E-state index in [1.54, 1.807) is 5.12 Å². The number of hydrogen-bond acceptors (Lipinski definition) is 3. The molecule has 0 aromatic heterocycles. The molecule has 76 valence electrons. The lowest BCUT2D eigenvalue weighted by atomic mass is 9.97. The minimum atomic E-state index is 0.0192. The molecule has 0 fully saturated rings. The summed E-state index contributed by atoms with van der Waals surface area (Å²) in [5.74, 6) is 0. The van der Waals surface area contributed by atoms with Crippen LogP contribution in [0.1, 0.15) is 41.5 Å². The van der Waals surface area contributed by atoms with Crippen LogP contribution in [0.3, 0.4) is 0 Å². The van der Waals surface area contributed by atoms with Gasteiger partial charge in [-0.15, -0.1) is 0 Å². The fourth-order valence-corrected chi connectivity index (χ4v) is 0.746. The molecule has 1 aliphatic rings. The Morgan fingerprint density at radius 3 is 1.77 bits per heavy atom. The van der Waals surface area contributed by atoms with E-state index in [9.17, 15) is 0 Å². The zero-order chi connectivity index (χ0) is 10.5. The van der Waals surface area contributed by atoms with Crippen LogP contribution in [0, 0.1) is 5.41 Å². The van der Waals surface area contributed by atoms with Crippen LogP contribution < -0.4 is 0 Å². The Kier molecular flexibility index (Phi) is 4.67. The molecule has 0 aromatic rings. The summed E-state index contributed by atoms with van der Waals surface area (Å²) in [5.41, 5.74) is 0.0192. The van der Waals surface area contributed by atoms with E-state index < -0.39 is 0 Å². The van der Waals surface area contributed by atoms with Gasteiger partial charge in [0.15, 0.2) is 0 Å². The zero-order valence-electron chi connectivity index (χ0n) is 9.57. The van der Waals surface area contributed by atoms with Gasteiger partial charge in [-0.2, -0.15) is 15.3 Å². The largest absolute Gasteiger partial charge is 0.183 e. The summed E-state index contributed by atoms with van der Waals surface area (Å²) < 4.78 is 0. The minimum Gasteiger partial charge on any atom is -0.183 e. The molecule has 1 rings (SSSR count). The van der Waals surface area contributed by atoms with E-state index in [4.69, 9.17) is 0 Å². The summed E-state index contributed by atoms with van der Waals surface area (Å²) in [6, 6.07) is 0.346. The summed E-state index contributed by atoms with van der Waals surface area (Å²) >= 11 is 0. The molecule has 0 amide bonds. The third-order valence-electron chi connectivity index (χ3n) is 1.48. The van der Waals surface area contributed by atoms with Crippen LogP contribution in [0.4, 0.5) is 0 Å². The second-order valence-electron chi connectivity index (χ2n) is 3.72. The Labute approximate surface area is 81.5 Å². The third kappa shape index (κ3) is 4.06. The monoisotopic (exact) mass is 183 g/mol. The van der Waals surface area contributed by atoms with Crippen LogP contribution in [0.5, 0.6) is 0 Å². The molecule has 1 aliphatic heterocycles. The highest BCUT2D eigenvalue weighted by Crippen LogP contribution is 2.14. The van der Waals surface area contributed by atoms with Gasteiger partial charge in [0.2, 0.25) is 0 Å². The van der Waals surface area contributed by atoms with Crippen molar-refractivity contribution in [3.05, 3.63) is 0 Å². The highest BCUT2D eigenvalue weighted by Gasteiger charge is 2.17. The number of nitrogens with zero attached hydrogens (tertiary/aromatic N) is 3. The summed E-state index contributed by atoms with van der Waals surface area (Å²) in [6.45, 7) is 12.3. The van der Waals surface area contributed by atoms with Gasteiger partial charge in [-0.3, -0.25) is 0 Å². The van der Waals surface area contributed by atoms with Crippen molar-refractivity contribution in [2.45, 2.75) is 47.6 Å². The molecule has 0 unspecified atom stereocenters. The van der Waals surface area contributed by atoms with E-state index in [0.29, 0.717) is 6.04 Å². The highest BCUT2D eigenvalue weighted by molar-refractivity contribution is 5.88. The van der Waals surface area contributed by atoms with Crippen molar-refractivity contribution in [1.82, 2.24) is 5.12 Å². The van der Waals surface area contributed by atoms with Crippen LogP contribution >= 0.6 is 0 Å². The Hall–Kier alpha value is -0.860. The average molecular weight is 183 g/mol. The van der Waals surface area contributed by atoms with Gasteiger partial charge >= 0.3 is 0 Å². The molecule has 0 atom stereocenters. The molecular formula is C10H21N3. The summed E-state index contributed by atoms with van der Waals surface area (Å²) in [6.07, 6.45) is 3.83. The van der Waals surface area contributed by atoms with Crippen molar-refractivity contribution in [2.75, 3.05) is 0 Å². The molecule has 0 N–H and O–H groups in total. The Bertz CT molecular complexity index is 176. The molecule has 0 aliphatic carbocycles. The fourth-order valence-electron chi connectivity index (χ4n) is 0.746. The first-order valence-corrected chi connectivity index (χ1v) is 4.91. The second-order valence-corrected chi connectivity index (χ2v) is 3.72. The van der Waals surface area contributed by atoms with Crippen molar-refractivity contribution in [2.24, 2.45) is 15.6 Å². The van der Waals surface area contributed by atoms with Crippen molar-refractivity contribution in [3.8, 4) is 0 Å². The van der Waals surface area contributed by atoms with Crippen LogP contribution in [0.15, 0.2) is 10.2 Å². The van der Waals surface area contributed by atoms with E-state index >= 15 is 0 Å². The maximum atomic E-state index is 4.19. The Morgan fingerprint density at radius 2 is 1.46 bits per heavy atom. The van der Waals surface area contributed by atoms with Gasteiger partial charge in [-0.1, -0.05) is 13.8 Å². The van der Waals surface area contributed by atoms with Crippen molar-refractivity contribution in [1.29, 1.82) is 0 Å². The maximum Gasteiger partial charge on any atom is 0.0659 e. The molecule has 0 spiro atoms. The van der Waals surface area contributed by atoms with E-state index in [1.807, 2.05) is 26.3 Å². The van der Waals surface area contributed by atoms with Gasteiger partial charge in [0, 0.05) is 17.8 Å². The van der Waals surface area contributed by atoms with Crippen molar-refractivity contribution in [3.63, 3.8) is 0 Å². The molecule has 0 bridgehead atoms. The third-order valence-corrected chi connectivity index (χ3v) is 1.48. The number of rotatable bonds is 1. The molecule has 0 saturated carbocycles. The predicted octanol–water partition coefficient (Wildman–Crippen LogP) is 2.73. The lowest BCUT2D eigenvalue weighted by Gasteiger charge is -2.25. The fraction of sp³-hybridized carbons (Fsp3) is 0.800. The van der Waals surface area contributed by atoms with Crippen LogP contribution in [0.2, 0.25) is 0 Å². The quantitative estimate of drug-likeness (QED) is 0.614. The molecule has 13 heavy (non-hydrogen) atoms. The van der Waals surface area contributed by atoms with Gasteiger partial charge in [-0.05, 0) is 27.7 Å². The molecular weight excluding hydrogens is 162 g/mol. The van der Waals surface area contributed by atoms with Gasteiger partial charge in [0.25, 0.3) is 0 Å². The predicted molar refractivity (Wildman–Crippen MR) is 59.1 cm³/mol. The van der Waals surface area contributed by atoms with E-state index in [0.717, 1.165) is 0 Å². The smallest absolute Gasteiger partial charge is 0.0659 e. The SMILES string of the molecule is CC.CC(C)N1N=CC(C)(C)C=N1. The molecule has 0 radical (unpaired) electrons. The normalized spacial score (nSPS) is 18.5. The van der Waals surface area contributed by atoms with Crippen LogP contribution in [0.25, 0.3) is 0 Å². The molecule has 1 heterocycles. The molecule has 0 saturated heterocycles. The van der Waals surface area contributed by atoms with Crippen molar-refractivity contribution < 1.29 is 0 Å². The lowest BCUT2D eigenvalue weighted by molar-refractivity contribution is 0.238. The molecule has 0 aromatic carbocycles. The Morgan fingerprint density at radius 1 is 1.08 bits per heavy atom. The minimum absolute atomic E-state index is 0.0192. The van der Waals surface area contributed by atoms with E-state index in [2.05, 4.69) is 37.9 Å². The topological polar surface area (TPSA) is 28.0 Å². The molecule has 3 nitrogen and oxygen atoms in total. The maximum absolute atomic E-state index is 4.19. The van der Waals surface area contributed by atoms with Gasteiger partial charge in [0.05, 0.1) is 6.04 Å². The highest BCUT2D eigenvalue weighted by atomic mass is 15.7. The molecule has 3 heteroatoms. The van der Waals surface area contributed by atoms with Crippen molar-refractivity contribution >= 4 is 12.4 Å². The first-order valence-electron chi connectivity index (χ1n) is 4.91. The first-order chi connectivity index (χ1) is 6.01. The summed E-state index contributed by atoms with van der Waals surface area (Å²) in [5, 5.41) is 10.1.